The summed E-state index contributed by atoms with van der Waals surface area (Å²) in [4.78, 5) is 0. The molecule has 0 aromatic heterocycles. The van der Waals surface area contributed by atoms with Crippen LogP contribution in [0, 0.1) is 22.7 Å². The normalized spacial score (nSPS) is 10.4. The summed E-state index contributed by atoms with van der Waals surface area (Å²) in [5, 5.41) is 19.6. The molecule has 0 bridgehead atoms. The predicted molar refractivity (Wildman–Crippen MR) is 163 cm³/mol. The van der Waals surface area contributed by atoms with Crippen molar-refractivity contribution in [2.24, 2.45) is 0 Å². The first-order valence-electron chi connectivity index (χ1n) is 13.1. The molecule has 0 spiro atoms. The molecule has 0 saturated carbocycles. The minimum absolute atomic E-state index is 0.635. The van der Waals surface area contributed by atoms with E-state index in [4.69, 9.17) is 0 Å². The summed E-state index contributed by atoms with van der Waals surface area (Å²) in [6.45, 7) is 0. The lowest BCUT2D eigenvalue weighted by Gasteiger charge is -2.11. The average molecular weight is 509 g/mol. The van der Waals surface area contributed by atoms with Gasteiger partial charge in [-0.05, 0) is 92.0 Å². The van der Waals surface area contributed by atoms with Crippen LogP contribution < -0.4 is 0 Å². The Kier molecular flexibility index (Phi) is 6.75. The number of benzene rings is 6. The molecule has 0 fully saturated rings. The smallest absolute Gasteiger partial charge is 0.0998 e. The zero-order chi connectivity index (χ0) is 27.3. The fourth-order valence-electron chi connectivity index (χ4n) is 5.10. The van der Waals surface area contributed by atoms with E-state index in [1.165, 1.54) is 0 Å². The van der Waals surface area contributed by atoms with Gasteiger partial charge in [-0.3, -0.25) is 0 Å². The predicted octanol–water partition coefficient (Wildman–Crippen LogP) is 9.76. The Bertz CT molecular complexity index is 1910. The van der Waals surface area contributed by atoms with E-state index in [0.29, 0.717) is 11.1 Å². The molecular formula is C38H24N2. The molecule has 6 aromatic carbocycles. The van der Waals surface area contributed by atoms with Crippen LogP contribution >= 0.6 is 0 Å². The van der Waals surface area contributed by atoms with Crippen molar-refractivity contribution in [2.75, 3.05) is 0 Å². The van der Waals surface area contributed by atoms with Crippen molar-refractivity contribution in [1.82, 2.24) is 0 Å². The lowest BCUT2D eigenvalue weighted by Crippen LogP contribution is -1.88. The van der Waals surface area contributed by atoms with Gasteiger partial charge >= 0.3 is 0 Å². The third-order valence-corrected chi connectivity index (χ3v) is 7.12. The monoisotopic (exact) mass is 508 g/mol. The van der Waals surface area contributed by atoms with Crippen molar-refractivity contribution in [1.29, 1.82) is 10.5 Å². The second kappa shape index (κ2) is 11.0. The van der Waals surface area contributed by atoms with E-state index in [-0.39, 0.29) is 0 Å². The van der Waals surface area contributed by atoms with Crippen molar-refractivity contribution in [3.8, 4) is 67.8 Å². The first kappa shape index (κ1) is 24.6. The molecule has 186 valence electrons. The Morgan fingerprint density at radius 3 is 1.32 bits per heavy atom. The van der Waals surface area contributed by atoms with Gasteiger partial charge in [0.15, 0.2) is 0 Å². The molecule has 0 aliphatic heterocycles. The van der Waals surface area contributed by atoms with Crippen LogP contribution in [-0.2, 0) is 0 Å². The molecule has 6 aromatic rings. The van der Waals surface area contributed by atoms with Gasteiger partial charge in [0.25, 0.3) is 0 Å². The highest BCUT2D eigenvalue weighted by atomic mass is 14.3. The first-order valence-corrected chi connectivity index (χ1v) is 13.1. The SMILES string of the molecule is N#Cc1cc(-c2ccccc2)cc(-c2cccc(-c3cccc(-c4ccc(-c5ccccc5)c(C#N)c4)c3)c2)c1. The summed E-state index contributed by atoms with van der Waals surface area (Å²) in [7, 11) is 0. The molecule has 0 amide bonds. The molecule has 0 unspecified atom stereocenters. The number of nitrogens with zero attached hydrogens (tertiary/aromatic N) is 2. The van der Waals surface area contributed by atoms with E-state index in [2.05, 4.69) is 84.9 Å². The Morgan fingerprint density at radius 2 is 0.775 bits per heavy atom. The van der Waals surface area contributed by atoms with Crippen LogP contribution in [0.3, 0.4) is 0 Å². The fraction of sp³-hybridized carbons (Fsp3) is 0. The van der Waals surface area contributed by atoms with E-state index in [0.717, 1.165) is 55.6 Å². The minimum atomic E-state index is 0.635. The lowest BCUT2D eigenvalue weighted by atomic mass is 9.92. The van der Waals surface area contributed by atoms with E-state index in [1.54, 1.807) is 0 Å². The molecule has 6 rings (SSSR count). The Morgan fingerprint density at radius 1 is 0.325 bits per heavy atom. The van der Waals surface area contributed by atoms with Gasteiger partial charge in [-0.1, -0.05) is 109 Å². The molecule has 2 nitrogen and oxygen atoms in total. The maximum atomic E-state index is 9.88. The van der Waals surface area contributed by atoms with E-state index in [1.807, 2.05) is 72.8 Å². The van der Waals surface area contributed by atoms with Gasteiger partial charge in [-0.25, -0.2) is 0 Å². The molecule has 0 atom stereocenters. The highest BCUT2D eigenvalue weighted by molar-refractivity contribution is 5.81. The standard InChI is InChI=1S/C38H24N2/c39-25-27-19-35(28-9-3-1-4-10-28)24-36(20-27)33-16-8-14-31(22-33)30-13-7-15-32(21-30)34-17-18-38(37(23-34)26-40)29-11-5-2-6-12-29/h1-24H. The van der Waals surface area contributed by atoms with Crippen LogP contribution in [0.1, 0.15) is 11.1 Å². The van der Waals surface area contributed by atoms with Gasteiger partial charge in [-0.15, -0.1) is 0 Å². The second-order valence-corrected chi connectivity index (χ2v) is 9.68. The molecule has 0 aliphatic carbocycles. The molecule has 40 heavy (non-hydrogen) atoms. The maximum absolute atomic E-state index is 9.88. The molecular weight excluding hydrogens is 484 g/mol. The molecule has 0 N–H and O–H groups in total. The van der Waals surface area contributed by atoms with Crippen molar-refractivity contribution in [3.05, 3.63) is 157 Å². The van der Waals surface area contributed by atoms with Crippen molar-refractivity contribution >= 4 is 0 Å². The summed E-state index contributed by atoms with van der Waals surface area (Å²) in [6, 6.07) is 53.8. The quantitative estimate of drug-likeness (QED) is 0.233. The maximum Gasteiger partial charge on any atom is 0.0998 e. The van der Waals surface area contributed by atoms with E-state index in [9.17, 15) is 10.5 Å². The van der Waals surface area contributed by atoms with Gasteiger partial charge in [0.1, 0.15) is 0 Å². The topological polar surface area (TPSA) is 47.6 Å². The number of hydrogen-bond donors (Lipinski definition) is 0. The number of nitriles is 2. The van der Waals surface area contributed by atoms with Crippen LogP contribution in [0.15, 0.2) is 146 Å². The zero-order valence-electron chi connectivity index (χ0n) is 21.8. The molecule has 2 heteroatoms. The first-order chi connectivity index (χ1) is 19.7. The van der Waals surface area contributed by atoms with E-state index < -0.39 is 0 Å². The summed E-state index contributed by atoms with van der Waals surface area (Å²) in [5.74, 6) is 0. The Balaban J connectivity index is 1.37. The van der Waals surface area contributed by atoms with Gasteiger partial charge in [0.2, 0.25) is 0 Å². The average Bonchev–Trinajstić information content (AvgIpc) is 3.05. The lowest BCUT2D eigenvalue weighted by molar-refractivity contribution is 1.47. The van der Waals surface area contributed by atoms with Crippen molar-refractivity contribution in [2.45, 2.75) is 0 Å². The number of rotatable bonds is 5. The fourth-order valence-corrected chi connectivity index (χ4v) is 5.10. The molecule has 0 saturated heterocycles. The van der Waals surface area contributed by atoms with Crippen molar-refractivity contribution < 1.29 is 0 Å². The van der Waals surface area contributed by atoms with Crippen LogP contribution in [0.5, 0.6) is 0 Å². The third-order valence-electron chi connectivity index (χ3n) is 7.12. The van der Waals surface area contributed by atoms with Crippen molar-refractivity contribution in [3.63, 3.8) is 0 Å². The summed E-state index contributed by atoms with van der Waals surface area (Å²) in [6.07, 6.45) is 0. The summed E-state index contributed by atoms with van der Waals surface area (Å²) < 4.78 is 0. The summed E-state index contributed by atoms with van der Waals surface area (Å²) >= 11 is 0. The minimum Gasteiger partial charge on any atom is -0.192 e. The van der Waals surface area contributed by atoms with Crippen LogP contribution in [0.2, 0.25) is 0 Å². The highest BCUT2D eigenvalue weighted by Crippen LogP contribution is 2.34. The Labute approximate surface area is 234 Å². The number of hydrogen-bond acceptors (Lipinski definition) is 2. The molecule has 0 radical (unpaired) electrons. The van der Waals surface area contributed by atoms with Gasteiger partial charge in [0.05, 0.1) is 23.3 Å². The molecule has 0 aliphatic rings. The van der Waals surface area contributed by atoms with Crippen LogP contribution in [0.25, 0.3) is 55.6 Å². The van der Waals surface area contributed by atoms with E-state index >= 15 is 0 Å². The molecule has 0 heterocycles. The highest BCUT2D eigenvalue weighted by Gasteiger charge is 2.10. The Hall–Kier alpha value is -5.70. The second-order valence-electron chi connectivity index (χ2n) is 9.68. The largest absolute Gasteiger partial charge is 0.192 e. The van der Waals surface area contributed by atoms with Crippen LogP contribution in [-0.4, -0.2) is 0 Å². The van der Waals surface area contributed by atoms with Crippen LogP contribution in [0.4, 0.5) is 0 Å². The zero-order valence-corrected chi connectivity index (χ0v) is 21.8. The van der Waals surface area contributed by atoms with Gasteiger partial charge in [-0.2, -0.15) is 10.5 Å². The summed E-state index contributed by atoms with van der Waals surface area (Å²) in [5.41, 5.74) is 11.7. The van der Waals surface area contributed by atoms with Gasteiger partial charge < -0.3 is 0 Å². The third kappa shape index (κ3) is 5.03. The van der Waals surface area contributed by atoms with Gasteiger partial charge in [0, 0.05) is 0 Å².